The molecule has 0 radical (unpaired) electrons. The highest BCUT2D eigenvalue weighted by Crippen LogP contribution is 2.24. The van der Waals surface area contributed by atoms with Gasteiger partial charge in [0.25, 0.3) is 5.56 Å². The van der Waals surface area contributed by atoms with Crippen LogP contribution in [0.3, 0.4) is 0 Å². The third-order valence-corrected chi connectivity index (χ3v) is 4.20. The van der Waals surface area contributed by atoms with Crippen LogP contribution in [0.15, 0.2) is 47.3 Å². The molecule has 0 unspecified atom stereocenters. The topological polar surface area (TPSA) is 54.1 Å². The van der Waals surface area contributed by atoms with Crippen LogP contribution in [0.1, 0.15) is 16.7 Å². The SMILES string of the molecule is COc1ccccc1NCc1cc2ccc(C)c(C)c2[nH]c1=O. The summed E-state index contributed by atoms with van der Waals surface area (Å²) >= 11 is 0. The van der Waals surface area contributed by atoms with E-state index in [0.29, 0.717) is 12.1 Å². The lowest BCUT2D eigenvalue weighted by molar-refractivity contribution is 0.416. The van der Waals surface area contributed by atoms with E-state index < -0.39 is 0 Å². The molecule has 0 amide bonds. The highest BCUT2D eigenvalue weighted by molar-refractivity contribution is 5.83. The van der Waals surface area contributed by atoms with Gasteiger partial charge in [0.05, 0.1) is 18.3 Å². The van der Waals surface area contributed by atoms with Crippen molar-refractivity contribution in [1.29, 1.82) is 0 Å². The van der Waals surface area contributed by atoms with E-state index in [9.17, 15) is 4.79 Å². The summed E-state index contributed by atoms with van der Waals surface area (Å²) < 4.78 is 5.31. The van der Waals surface area contributed by atoms with Crippen LogP contribution in [-0.4, -0.2) is 12.1 Å². The van der Waals surface area contributed by atoms with Gasteiger partial charge in [-0.1, -0.05) is 24.3 Å². The lowest BCUT2D eigenvalue weighted by atomic mass is 10.0. The second-order valence-electron chi connectivity index (χ2n) is 5.65. The van der Waals surface area contributed by atoms with E-state index in [2.05, 4.69) is 16.4 Å². The van der Waals surface area contributed by atoms with Crippen LogP contribution in [0.5, 0.6) is 5.75 Å². The van der Waals surface area contributed by atoms with Crippen molar-refractivity contribution in [3.8, 4) is 5.75 Å². The molecule has 0 bridgehead atoms. The number of aryl methyl sites for hydroxylation is 2. The normalized spacial score (nSPS) is 10.7. The van der Waals surface area contributed by atoms with Crippen molar-refractivity contribution in [2.75, 3.05) is 12.4 Å². The van der Waals surface area contributed by atoms with Gasteiger partial charge in [-0.15, -0.1) is 0 Å². The van der Waals surface area contributed by atoms with E-state index in [0.717, 1.165) is 27.9 Å². The Morgan fingerprint density at radius 1 is 1.13 bits per heavy atom. The lowest BCUT2D eigenvalue weighted by Crippen LogP contribution is -2.16. The number of rotatable bonds is 4. The van der Waals surface area contributed by atoms with Gasteiger partial charge in [-0.3, -0.25) is 4.79 Å². The molecule has 2 N–H and O–H groups in total. The molecule has 1 aromatic heterocycles. The minimum Gasteiger partial charge on any atom is -0.495 e. The first-order chi connectivity index (χ1) is 11.1. The third kappa shape index (κ3) is 2.93. The molecule has 3 rings (SSSR count). The molecule has 118 valence electrons. The van der Waals surface area contributed by atoms with Gasteiger partial charge in [0.1, 0.15) is 5.75 Å². The summed E-state index contributed by atoms with van der Waals surface area (Å²) in [5.41, 5.74) is 4.71. The lowest BCUT2D eigenvalue weighted by Gasteiger charge is -2.11. The molecule has 0 saturated heterocycles. The first-order valence-electron chi connectivity index (χ1n) is 7.59. The number of aromatic amines is 1. The standard InChI is InChI=1S/C19H20N2O2/c1-12-8-9-14-10-15(19(22)21-18(14)13(12)2)11-20-16-6-4-5-7-17(16)23-3/h4-10,20H,11H2,1-3H3,(H,21,22). The fraction of sp³-hybridized carbons (Fsp3) is 0.211. The fourth-order valence-corrected chi connectivity index (χ4v) is 2.68. The van der Waals surface area contributed by atoms with E-state index in [4.69, 9.17) is 4.74 Å². The number of fused-ring (bicyclic) bond motifs is 1. The Morgan fingerprint density at radius 2 is 1.91 bits per heavy atom. The van der Waals surface area contributed by atoms with E-state index >= 15 is 0 Å². The summed E-state index contributed by atoms with van der Waals surface area (Å²) in [5.74, 6) is 0.760. The maximum Gasteiger partial charge on any atom is 0.253 e. The molecule has 3 aromatic rings. The third-order valence-electron chi connectivity index (χ3n) is 4.20. The number of ether oxygens (including phenoxy) is 1. The maximum atomic E-state index is 12.3. The Balaban J connectivity index is 1.93. The summed E-state index contributed by atoms with van der Waals surface area (Å²) in [5, 5.41) is 4.31. The predicted molar refractivity (Wildman–Crippen MR) is 94.4 cm³/mol. The van der Waals surface area contributed by atoms with Gasteiger partial charge in [-0.05, 0) is 48.6 Å². The van der Waals surface area contributed by atoms with Crippen molar-refractivity contribution in [3.05, 3.63) is 69.5 Å². The quantitative estimate of drug-likeness (QED) is 0.771. The van der Waals surface area contributed by atoms with Gasteiger partial charge in [0.15, 0.2) is 0 Å². The van der Waals surface area contributed by atoms with Crippen molar-refractivity contribution in [2.24, 2.45) is 0 Å². The number of H-pyrrole nitrogens is 1. The minimum atomic E-state index is -0.0615. The van der Waals surface area contributed by atoms with Gasteiger partial charge < -0.3 is 15.0 Å². The molecule has 4 nitrogen and oxygen atoms in total. The van der Waals surface area contributed by atoms with E-state index in [1.807, 2.05) is 50.2 Å². The highest BCUT2D eigenvalue weighted by Gasteiger charge is 2.07. The molecule has 0 aliphatic rings. The number of pyridine rings is 1. The Labute approximate surface area is 135 Å². The summed E-state index contributed by atoms with van der Waals surface area (Å²) in [6.45, 7) is 4.52. The van der Waals surface area contributed by atoms with Gasteiger partial charge in [-0.25, -0.2) is 0 Å². The van der Waals surface area contributed by atoms with E-state index in [-0.39, 0.29) is 5.56 Å². The molecule has 1 heterocycles. The number of anilines is 1. The Bertz CT molecular complexity index is 913. The zero-order valence-corrected chi connectivity index (χ0v) is 13.6. The van der Waals surface area contributed by atoms with E-state index in [1.54, 1.807) is 7.11 Å². The van der Waals surface area contributed by atoms with E-state index in [1.165, 1.54) is 5.56 Å². The molecule has 0 atom stereocenters. The molecule has 2 aromatic carbocycles. The van der Waals surface area contributed by atoms with Crippen LogP contribution in [0.25, 0.3) is 10.9 Å². The monoisotopic (exact) mass is 308 g/mol. The van der Waals surface area contributed by atoms with Crippen molar-refractivity contribution >= 4 is 16.6 Å². The molecular weight excluding hydrogens is 288 g/mol. The number of hydrogen-bond acceptors (Lipinski definition) is 3. The van der Waals surface area contributed by atoms with Gasteiger partial charge in [0.2, 0.25) is 0 Å². The highest BCUT2D eigenvalue weighted by atomic mass is 16.5. The Hall–Kier alpha value is -2.75. The average Bonchev–Trinajstić information content (AvgIpc) is 2.57. The Kier molecular flexibility index (Phi) is 4.06. The molecule has 4 heteroatoms. The van der Waals surface area contributed by atoms with Crippen LogP contribution in [0.2, 0.25) is 0 Å². The summed E-state index contributed by atoms with van der Waals surface area (Å²) in [7, 11) is 1.63. The zero-order chi connectivity index (χ0) is 16.4. The molecule has 0 fully saturated rings. The van der Waals surface area contributed by atoms with Gasteiger partial charge in [0, 0.05) is 12.1 Å². The van der Waals surface area contributed by atoms with Crippen molar-refractivity contribution < 1.29 is 4.74 Å². The molecule has 0 aliphatic carbocycles. The smallest absolute Gasteiger partial charge is 0.253 e. The number of nitrogens with one attached hydrogen (secondary N) is 2. The van der Waals surface area contributed by atoms with Crippen molar-refractivity contribution in [2.45, 2.75) is 20.4 Å². The Morgan fingerprint density at radius 3 is 2.70 bits per heavy atom. The van der Waals surface area contributed by atoms with Crippen LogP contribution in [-0.2, 0) is 6.54 Å². The molecule has 0 spiro atoms. The number of benzene rings is 2. The van der Waals surface area contributed by atoms with Crippen LogP contribution >= 0.6 is 0 Å². The predicted octanol–water partition coefficient (Wildman–Crippen LogP) is 3.77. The second-order valence-corrected chi connectivity index (χ2v) is 5.65. The summed E-state index contributed by atoms with van der Waals surface area (Å²) in [6, 6.07) is 13.7. The first-order valence-corrected chi connectivity index (χ1v) is 7.59. The van der Waals surface area contributed by atoms with Crippen molar-refractivity contribution in [3.63, 3.8) is 0 Å². The maximum absolute atomic E-state index is 12.3. The average molecular weight is 308 g/mol. The number of aromatic nitrogens is 1. The zero-order valence-electron chi connectivity index (χ0n) is 13.6. The largest absolute Gasteiger partial charge is 0.495 e. The van der Waals surface area contributed by atoms with Crippen LogP contribution in [0.4, 0.5) is 5.69 Å². The fourth-order valence-electron chi connectivity index (χ4n) is 2.68. The number of hydrogen-bond donors (Lipinski definition) is 2. The van der Waals surface area contributed by atoms with Crippen LogP contribution in [0, 0.1) is 13.8 Å². The molecule has 0 aliphatic heterocycles. The van der Waals surface area contributed by atoms with Gasteiger partial charge in [-0.2, -0.15) is 0 Å². The summed E-state index contributed by atoms with van der Waals surface area (Å²) in [6.07, 6.45) is 0. The van der Waals surface area contributed by atoms with Crippen LogP contribution < -0.4 is 15.6 Å². The number of methoxy groups -OCH3 is 1. The molecular formula is C19H20N2O2. The summed E-state index contributed by atoms with van der Waals surface area (Å²) in [4.78, 5) is 15.4. The second kappa shape index (κ2) is 6.16. The minimum absolute atomic E-state index is 0.0615. The van der Waals surface area contributed by atoms with Crippen molar-refractivity contribution in [1.82, 2.24) is 4.98 Å². The van der Waals surface area contributed by atoms with Gasteiger partial charge >= 0.3 is 0 Å². The molecule has 0 saturated carbocycles. The first kappa shape index (κ1) is 15.2. The molecule has 23 heavy (non-hydrogen) atoms. The number of para-hydroxylation sites is 2.